The van der Waals surface area contributed by atoms with E-state index in [-0.39, 0.29) is 36.7 Å². The zero-order valence-electron chi connectivity index (χ0n) is 27.9. The molecule has 2 aliphatic rings. The van der Waals surface area contributed by atoms with E-state index >= 15 is 0 Å². The van der Waals surface area contributed by atoms with Crippen LogP contribution >= 0.6 is 0 Å². The van der Waals surface area contributed by atoms with Gasteiger partial charge in [0.1, 0.15) is 18.2 Å². The van der Waals surface area contributed by atoms with Crippen molar-refractivity contribution >= 4 is 23.9 Å². The number of hydrogen-bond acceptors (Lipinski definition) is 6. The van der Waals surface area contributed by atoms with E-state index < -0.39 is 41.7 Å². The number of nitrogens with one attached hydrogen (secondary N) is 2. The summed E-state index contributed by atoms with van der Waals surface area (Å²) >= 11 is 0. The van der Waals surface area contributed by atoms with Crippen LogP contribution in [0.4, 0.5) is 4.79 Å². The molecule has 0 radical (unpaired) electrons. The fourth-order valence-corrected chi connectivity index (χ4v) is 7.13. The summed E-state index contributed by atoms with van der Waals surface area (Å²) in [6.45, 7) is 7.76. The van der Waals surface area contributed by atoms with E-state index in [1.165, 1.54) is 12.0 Å². The molecule has 0 saturated heterocycles. The van der Waals surface area contributed by atoms with Gasteiger partial charge in [-0.3, -0.25) is 14.4 Å². The molecule has 2 aromatic rings. The van der Waals surface area contributed by atoms with Crippen LogP contribution < -0.4 is 10.6 Å². The average molecular weight is 636 g/mol. The Morgan fingerprint density at radius 3 is 2.04 bits per heavy atom. The predicted octanol–water partition coefficient (Wildman–Crippen LogP) is 5.34. The number of alkyl carbamates (subject to hydrolysis) is 1. The van der Waals surface area contributed by atoms with E-state index in [9.17, 15) is 24.3 Å². The van der Waals surface area contributed by atoms with Crippen molar-refractivity contribution in [3.63, 3.8) is 0 Å². The van der Waals surface area contributed by atoms with Crippen molar-refractivity contribution in [3.05, 3.63) is 59.7 Å². The molecule has 46 heavy (non-hydrogen) atoms. The first kappa shape index (κ1) is 34.9. The molecule has 0 heterocycles. The number of carbonyl (C=O) groups is 4. The van der Waals surface area contributed by atoms with Crippen LogP contribution in [-0.4, -0.2) is 78.4 Å². The monoisotopic (exact) mass is 635 g/mol. The third-order valence-electron chi connectivity index (χ3n) is 9.88. The van der Waals surface area contributed by atoms with Gasteiger partial charge in [0.2, 0.25) is 11.8 Å². The minimum atomic E-state index is -1.21. The number of aliphatic carboxylic acids is 1. The van der Waals surface area contributed by atoms with Gasteiger partial charge in [-0.1, -0.05) is 95.5 Å². The molecule has 3 amide bonds. The first-order chi connectivity index (χ1) is 21.9. The van der Waals surface area contributed by atoms with E-state index in [0.29, 0.717) is 19.3 Å². The molecular weight excluding hydrogens is 586 g/mol. The van der Waals surface area contributed by atoms with Crippen molar-refractivity contribution in [1.82, 2.24) is 15.5 Å². The van der Waals surface area contributed by atoms with Gasteiger partial charge in [0.25, 0.3) is 0 Å². The molecule has 0 spiro atoms. The second-order valence-corrected chi connectivity index (χ2v) is 13.1. The zero-order valence-corrected chi connectivity index (χ0v) is 27.9. The van der Waals surface area contributed by atoms with Gasteiger partial charge in [-0.15, -0.1) is 0 Å². The molecule has 1 fully saturated rings. The Bertz CT molecular complexity index is 1360. The molecule has 2 aliphatic carbocycles. The molecule has 2 aromatic carbocycles. The smallest absolute Gasteiger partial charge is 0.408 e. The highest BCUT2D eigenvalue weighted by molar-refractivity contribution is 5.94. The van der Waals surface area contributed by atoms with Crippen molar-refractivity contribution in [2.75, 3.05) is 20.8 Å². The van der Waals surface area contributed by atoms with Gasteiger partial charge in [0, 0.05) is 20.1 Å². The summed E-state index contributed by atoms with van der Waals surface area (Å²) in [5.74, 6) is -2.22. The van der Waals surface area contributed by atoms with Gasteiger partial charge in [0.15, 0.2) is 0 Å². The zero-order chi connectivity index (χ0) is 33.6. The Hall–Kier alpha value is -3.92. The number of nitrogens with zero attached hydrogens (tertiary/aromatic N) is 1. The summed E-state index contributed by atoms with van der Waals surface area (Å²) in [5.41, 5.74) is 3.25. The predicted molar refractivity (Wildman–Crippen MR) is 175 cm³/mol. The van der Waals surface area contributed by atoms with Gasteiger partial charge in [-0.05, 0) is 46.9 Å². The fraction of sp³-hybridized carbons (Fsp3) is 0.556. The number of carbonyl (C=O) groups excluding carboxylic acids is 3. The van der Waals surface area contributed by atoms with Crippen molar-refractivity contribution in [2.45, 2.75) is 95.9 Å². The molecule has 0 bridgehead atoms. The largest absolute Gasteiger partial charge is 0.481 e. The lowest BCUT2D eigenvalue weighted by molar-refractivity contribution is -0.148. The lowest BCUT2D eigenvalue weighted by atomic mass is 9.89. The highest BCUT2D eigenvalue weighted by Gasteiger charge is 2.46. The van der Waals surface area contributed by atoms with Crippen molar-refractivity contribution in [3.8, 4) is 11.1 Å². The quantitative estimate of drug-likeness (QED) is 0.255. The van der Waals surface area contributed by atoms with E-state index in [2.05, 4.69) is 34.9 Å². The number of methoxy groups -OCH3 is 1. The molecule has 3 N–H and O–H groups in total. The second-order valence-electron chi connectivity index (χ2n) is 13.1. The molecule has 4 rings (SSSR count). The number of carboxylic acids is 1. The fourth-order valence-electron chi connectivity index (χ4n) is 7.13. The van der Waals surface area contributed by atoms with Crippen LogP contribution in [0.5, 0.6) is 0 Å². The highest BCUT2D eigenvalue weighted by Crippen LogP contribution is 2.44. The first-order valence-corrected chi connectivity index (χ1v) is 16.4. The van der Waals surface area contributed by atoms with Crippen LogP contribution in [0, 0.1) is 11.8 Å². The lowest BCUT2D eigenvalue weighted by Gasteiger charge is -2.40. The van der Waals surface area contributed by atoms with Gasteiger partial charge < -0.3 is 30.1 Å². The maximum atomic E-state index is 14.0. The van der Waals surface area contributed by atoms with Crippen LogP contribution in [0.15, 0.2) is 48.5 Å². The van der Waals surface area contributed by atoms with Crippen molar-refractivity contribution in [2.24, 2.45) is 11.8 Å². The molecule has 0 aliphatic heterocycles. The molecule has 0 unspecified atom stereocenters. The Labute approximate surface area is 272 Å². The van der Waals surface area contributed by atoms with Crippen LogP contribution in [0.3, 0.4) is 0 Å². The highest BCUT2D eigenvalue weighted by atomic mass is 16.5. The summed E-state index contributed by atoms with van der Waals surface area (Å²) < 4.78 is 11.3. The minimum absolute atomic E-state index is 0.0572. The minimum Gasteiger partial charge on any atom is -0.481 e. The SMILES string of the molecule is CC[C@H](C)[C@@H]([C@@H](CC(=O)O)OC)N(C)C(=O)[C@@H](NC(=O)C1(NC(=O)OCC2c3ccccc3-c3ccccc32)CCCC1)C(C)C. The number of fused-ring (bicyclic) bond motifs is 3. The van der Waals surface area contributed by atoms with Gasteiger partial charge in [-0.2, -0.15) is 0 Å². The number of hydrogen-bond donors (Lipinski definition) is 3. The third kappa shape index (κ3) is 7.38. The second kappa shape index (κ2) is 15.1. The summed E-state index contributed by atoms with van der Waals surface area (Å²) in [6, 6.07) is 14.8. The summed E-state index contributed by atoms with van der Waals surface area (Å²) in [4.78, 5) is 54.3. The number of ether oxygens (including phenoxy) is 2. The number of likely N-dealkylation sites (N-methyl/N-ethyl adjacent to an activating group) is 1. The molecular formula is C36H49N3O7. The molecule has 4 atom stereocenters. The Kier molecular flexibility index (Phi) is 11.5. The lowest BCUT2D eigenvalue weighted by Crippen LogP contribution is -2.63. The normalized spacial score (nSPS) is 17.7. The van der Waals surface area contributed by atoms with Crippen LogP contribution in [0.25, 0.3) is 11.1 Å². The third-order valence-corrected chi connectivity index (χ3v) is 9.88. The topological polar surface area (TPSA) is 134 Å². The maximum absolute atomic E-state index is 14.0. The average Bonchev–Trinajstić information content (AvgIpc) is 3.64. The van der Waals surface area contributed by atoms with Gasteiger partial charge in [0.05, 0.1) is 18.6 Å². The Morgan fingerprint density at radius 1 is 0.978 bits per heavy atom. The summed E-state index contributed by atoms with van der Waals surface area (Å²) in [7, 11) is 3.08. The molecule has 10 nitrogen and oxygen atoms in total. The van der Waals surface area contributed by atoms with E-state index in [4.69, 9.17) is 9.47 Å². The number of amides is 3. The van der Waals surface area contributed by atoms with E-state index in [1.807, 2.05) is 52.0 Å². The summed E-state index contributed by atoms with van der Waals surface area (Å²) in [6.07, 6.45) is 1.41. The van der Waals surface area contributed by atoms with Crippen molar-refractivity contribution < 1.29 is 33.8 Å². The Balaban J connectivity index is 1.47. The van der Waals surface area contributed by atoms with E-state index in [0.717, 1.165) is 35.1 Å². The molecule has 0 aromatic heterocycles. The Morgan fingerprint density at radius 2 is 1.54 bits per heavy atom. The number of benzene rings is 2. The van der Waals surface area contributed by atoms with Crippen LogP contribution in [0.1, 0.15) is 83.3 Å². The standard InChI is InChI=1S/C36H49N3O7/c1-7-23(4)32(29(45-6)20-30(40)41)39(5)33(42)31(22(2)3)37-34(43)36(18-12-13-19-36)38-35(44)46-21-28-26-16-10-8-14-24(26)25-15-9-11-17-27(25)28/h8-11,14-17,22-23,28-29,31-32H,7,12-13,18-21H2,1-6H3,(H,37,43)(H,38,44)(H,40,41)/t23-,29+,31-,32-/m0/s1. The van der Waals surface area contributed by atoms with Gasteiger partial charge in [-0.25, -0.2) is 4.79 Å². The van der Waals surface area contributed by atoms with Crippen LogP contribution in [-0.2, 0) is 23.9 Å². The molecule has 1 saturated carbocycles. The number of carboxylic acid groups (broad SMARTS) is 1. The van der Waals surface area contributed by atoms with Crippen molar-refractivity contribution in [1.29, 1.82) is 0 Å². The first-order valence-electron chi connectivity index (χ1n) is 16.4. The van der Waals surface area contributed by atoms with Crippen LogP contribution in [0.2, 0.25) is 0 Å². The summed E-state index contributed by atoms with van der Waals surface area (Å²) in [5, 5.41) is 15.3. The molecule has 250 valence electrons. The van der Waals surface area contributed by atoms with Gasteiger partial charge >= 0.3 is 12.1 Å². The van der Waals surface area contributed by atoms with E-state index in [1.54, 1.807) is 7.05 Å². The number of rotatable bonds is 14. The maximum Gasteiger partial charge on any atom is 0.408 e. The molecule has 10 heteroatoms.